The number of methoxy groups -OCH3 is 2. The van der Waals surface area contributed by atoms with Gasteiger partial charge in [-0.15, -0.1) is 0 Å². The summed E-state index contributed by atoms with van der Waals surface area (Å²) in [4.78, 5) is 10.2. The summed E-state index contributed by atoms with van der Waals surface area (Å²) in [6, 6.07) is 18.8. The molecule has 0 atom stereocenters. The number of nitro groups is 1. The lowest BCUT2D eigenvalue weighted by molar-refractivity contribution is -0.384. The number of fused-ring (bicyclic) bond motifs is 1. The average molecular weight is 490 g/mol. The summed E-state index contributed by atoms with van der Waals surface area (Å²) in [5.41, 5.74) is 1.48. The van der Waals surface area contributed by atoms with Crippen molar-refractivity contribution in [1.82, 2.24) is 3.97 Å². The zero-order valence-corrected chi connectivity index (χ0v) is 19.5. The number of non-ortho nitro benzene ring substituents is 1. The van der Waals surface area contributed by atoms with E-state index < -0.39 is 14.9 Å². The second-order valence-corrected chi connectivity index (χ2v) is 9.21. The monoisotopic (exact) mass is 489 g/mol. The zero-order chi connectivity index (χ0) is 25.2. The quantitative estimate of drug-likeness (QED) is 0.206. The van der Waals surface area contributed by atoms with Crippen LogP contribution >= 0.6 is 0 Å². The van der Waals surface area contributed by atoms with Crippen molar-refractivity contribution in [2.24, 2.45) is 0 Å². The highest BCUT2D eigenvalue weighted by Crippen LogP contribution is 2.33. The highest BCUT2D eigenvalue weighted by Gasteiger charge is 2.23. The van der Waals surface area contributed by atoms with Gasteiger partial charge < -0.3 is 9.47 Å². The molecule has 0 bridgehead atoms. The van der Waals surface area contributed by atoms with Gasteiger partial charge in [0.1, 0.15) is 0 Å². The van der Waals surface area contributed by atoms with Gasteiger partial charge in [-0.2, -0.15) is 5.26 Å². The molecule has 0 amide bonds. The van der Waals surface area contributed by atoms with Crippen molar-refractivity contribution in [3.8, 4) is 17.6 Å². The summed E-state index contributed by atoms with van der Waals surface area (Å²) in [5.74, 6) is 1.02. The van der Waals surface area contributed by atoms with Crippen LogP contribution in [0, 0.1) is 21.4 Å². The van der Waals surface area contributed by atoms with E-state index >= 15 is 0 Å². The molecule has 0 spiro atoms. The van der Waals surface area contributed by atoms with E-state index in [2.05, 4.69) is 6.07 Å². The highest BCUT2D eigenvalue weighted by molar-refractivity contribution is 7.90. The van der Waals surface area contributed by atoms with Gasteiger partial charge >= 0.3 is 0 Å². The van der Waals surface area contributed by atoms with E-state index in [1.165, 1.54) is 32.5 Å². The van der Waals surface area contributed by atoms with E-state index in [1.54, 1.807) is 48.5 Å². The van der Waals surface area contributed by atoms with E-state index in [1.807, 2.05) is 0 Å². The third-order valence-electron chi connectivity index (χ3n) is 5.41. The number of ether oxygens (including phenoxy) is 2. The predicted molar refractivity (Wildman–Crippen MR) is 131 cm³/mol. The van der Waals surface area contributed by atoms with E-state index in [9.17, 15) is 23.8 Å². The number of rotatable bonds is 7. The van der Waals surface area contributed by atoms with Crippen LogP contribution in [0.15, 0.2) is 77.8 Å². The Kier molecular flexibility index (Phi) is 6.27. The van der Waals surface area contributed by atoms with Gasteiger partial charge in [0.2, 0.25) is 0 Å². The van der Waals surface area contributed by atoms with Crippen molar-refractivity contribution in [3.63, 3.8) is 0 Å². The van der Waals surface area contributed by atoms with Gasteiger partial charge in [-0.25, -0.2) is 12.4 Å². The Morgan fingerprint density at radius 3 is 2.34 bits per heavy atom. The molecule has 4 rings (SSSR count). The number of para-hydroxylation sites is 1. The number of allylic oxidation sites excluding steroid dienone is 1. The fourth-order valence-corrected chi connectivity index (χ4v) is 5.07. The number of aromatic nitrogens is 1. The minimum absolute atomic E-state index is 0.113. The van der Waals surface area contributed by atoms with Crippen LogP contribution in [0.5, 0.6) is 11.5 Å². The molecular weight excluding hydrogens is 470 g/mol. The first kappa shape index (κ1) is 23.5. The van der Waals surface area contributed by atoms with Gasteiger partial charge in [0, 0.05) is 29.3 Å². The molecule has 4 aromatic rings. The van der Waals surface area contributed by atoms with Gasteiger partial charge in [-0.3, -0.25) is 10.1 Å². The van der Waals surface area contributed by atoms with Crippen LogP contribution in [0.4, 0.5) is 5.69 Å². The molecule has 0 saturated heterocycles. The molecule has 0 saturated carbocycles. The first-order valence-corrected chi connectivity index (χ1v) is 11.7. The summed E-state index contributed by atoms with van der Waals surface area (Å²) in [7, 11) is -1.07. The molecule has 1 aromatic heterocycles. The first-order chi connectivity index (χ1) is 16.8. The maximum atomic E-state index is 13.4. The van der Waals surface area contributed by atoms with Crippen LogP contribution in [0.25, 0.3) is 22.6 Å². The van der Waals surface area contributed by atoms with Crippen molar-refractivity contribution in [3.05, 3.63) is 94.2 Å². The van der Waals surface area contributed by atoms with Crippen LogP contribution < -0.4 is 9.47 Å². The van der Waals surface area contributed by atoms with Gasteiger partial charge in [0.15, 0.2) is 11.5 Å². The van der Waals surface area contributed by atoms with Crippen molar-refractivity contribution < 1.29 is 22.8 Å². The highest BCUT2D eigenvalue weighted by atomic mass is 32.2. The largest absolute Gasteiger partial charge is 0.493 e. The summed E-state index contributed by atoms with van der Waals surface area (Å²) in [5, 5.41) is 21.4. The molecule has 0 aliphatic rings. The number of benzene rings is 3. The second-order valence-electron chi connectivity index (χ2n) is 7.40. The van der Waals surface area contributed by atoms with E-state index in [0.29, 0.717) is 33.5 Å². The van der Waals surface area contributed by atoms with Gasteiger partial charge in [-0.05, 0) is 42.0 Å². The van der Waals surface area contributed by atoms with Gasteiger partial charge in [0.25, 0.3) is 15.7 Å². The van der Waals surface area contributed by atoms with Crippen molar-refractivity contribution in [2.45, 2.75) is 4.90 Å². The van der Waals surface area contributed by atoms with Gasteiger partial charge in [0.05, 0.1) is 41.2 Å². The van der Waals surface area contributed by atoms with Crippen molar-refractivity contribution in [1.29, 1.82) is 5.26 Å². The maximum absolute atomic E-state index is 13.4. The molecule has 0 radical (unpaired) electrons. The number of hydrogen-bond donors (Lipinski definition) is 0. The first-order valence-electron chi connectivity index (χ1n) is 10.2. The minimum atomic E-state index is -4.10. The van der Waals surface area contributed by atoms with Crippen LogP contribution in [0.2, 0.25) is 0 Å². The fraction of sp³-hybridized carbons (Fsp3) is 0.0800. The molecule has 176 valence electrons. The lowest BCUT2D eigenvalue weighted by Crippen LogP contribution is -2.11. The van der Waals surface area contributed by atoms with Crippen molar-refractivity contribution >= 4 is 38.3 Å². The summed E-state index contributed by atoms with van der Waals surface area (Å²) in [6.07, 6.45) is 3.02. The molecule has 3 aromatic carbocycles. The van der Waals surface area contributed by atoms with Crippen LogP contribution in [0.1, 0.15) is 11.1 Å². The predicted octanol–water partition coefficient (Wildman–Crippen LogP) is 4.87. The molecule has 9 nitrogen and oxygen atoms in total. The number of nitrogens with zero attached hydrogens (tertiary/aromatic N) is 3. The van der Waals surface area contributed by atoms with E-state index in [4.69, 9.17) is 9.47 Å². The SMILES string of the molecule is COc1ccc(/C=C(\C#N)c2cn(S(=O)(=O)c3ccc([N+](=O)[O-])cc3)c3ccccc23)cc1OC. The Balaban J connectivity index is 1.87. The minimum Gasteiger partial charge on any atom is -0.493 e. The average Bonchev–Trinajstić information content (AvgIpc) is 3.27. The van der Waals surface area contributed by atoms with Gasteiger partial charge in [-0.1, -0.05) is 24.3 Å². The normalized spacial score (nSPS) is 11.7. The number of hydrogen-bond acceptors (Lipinski definition) is 7. The molecule has 1 heterocycles. The molecule has 10 heteroatoms. The Morgan fingerprint density at radius 1 is 1.03 bits per heavy atom. The van der Waals surface area contributed by atoms with Crippen LogP contribution in [-0.4, -0.2) is 31.5 Å². The van der Waals surface area contributed by atoms with Crippen molar-refractivity contribution in [2.75, 3.05) is 14.2 Å². The third-order valence-corrected chi connectivity index (χ3v) is 7.10. The summed E-state index contributed by atoms with van der Waals surface area (Å²) in [6.45, 7) is 0. The van der Waals surface area contributed by atoms with Crippen LogP contribution in [0.3, 0.4) is 0 Å². The fourth-order valence-electron chi connectivity index (χ4n) is 3.70. The Morgan fingerprint density at radius 2 is 1.71 bits per heavy atom. The summed E-state index contributed by atoms with van der Waals surface area (Å²) < 4.78 is 38.5. The standard InChI is InChI=1S/C25H19N3O6S/c1-33-24-12-7-17(14-25(24)34-2)13-18(15-26)22-16-27(23-6-4-3-5-21(22)23)35(31,32)20-10-8-19(9-11-20)28(29)30/h3-14,16H,1-2H3/b18-13+. The third kappa shape index (κ3) is 4.32. The number of nitriles is 1. The van der Waals surface area contributed by atoms with E-state index in [0.717, 1.165) is 16.1 Å². The molecular formula is C25H19N3O6S. The zero-order valence-electron chi connectivity index (χ0n) is 18.7. The second kappa shape index (κ2) is 9.32. The molecule has 0 aliphatic carbocycles. The molecule has 0 aliphatic heterocycles. The molecule has 0 N–H and O–H groups in total. The molecule has 0 fully saturated rings. The Labute approximate surface area is 201 Å². The molecule has 0 unspecified atom stereocenters. The Hall–Kier alpha value is -4.62. The van der Waals surface area contributed by atoms with Crippen LogP contribution in [-0.2, 0) is 10.0 Å². The smallest absolute Gasteiger partial charge is 0.269 e. The topological polar surface area (TPSA) is 124 Å². The molecule has 35 heavy (non-hydrogen) atoms. The number of nitro benzene ring substituents is 1. The van der Waals surface area contributed by atoms with E-state index in [-0.39, 0.29) is 16.2 Å². The lowest BCUT2D eigenvalue weighted by Gasteiger charge is -2.08. The summed E-state index contributed by atoms with van der Waals surface area (Å²) >= 11 is 0. The lowest BCUT2D eigenvalue weighted by atomic mass is 10.0. The Bertz CT molecular complexity index is 1610. The maximum Gasteiger partial charge on any atom is 0.269 e.